The lowest BCUT2D eigenvalue weighted by atomic mass is 10.00. The Kier molecular flexibility index (Phi) is 6.14. The van der Waals surface area contributed by atoms with Gasteiger partial charge in [-0.25, -0.2) is 4.79 Å². The number of hydrogen-bond acceptors (Lipinski definition) is 4. The van der Waals surface area contributed by atoms with Crippen molar-refractivity contribution in [2.75, 3.05) is 6.61 Å². The summed E-state index contributed by atoms with van der Waals surface area (Å²) in [7, 11) is 0. The monoisotopic (exact) mass is 293 g/mol. The summed E-state index contributed by atoms with van der Waals surface area (Å²) in [5, 5.41) is 1.13. The summed E-state index contributed by atoms with van der Waals surface area (Å²) in [5.74, 6) is 0.0711. The second-order valence-electron chi connectivity index (χ2n) is 4.49. The smallest absolute Gasteiger partial charge is 0.348 e. The van der Waals surface area contributed by atoms with Gasteiger partial charge in [0.2, 0.25) is 0 Å². The lowest BCUT2D eigenvalue weighted by Crippen LogP contribution is -2.05. The quantitative estimate of drug-likeness (QED) is 0.753. The van der Waals surface area contributed by atoms with Crippen LogP contribution in [0.2, 0.25) is 0 Å². The summed E-state index contributed by atoms with van der Waals surface area (Å²) >= 11 is 1.49. The van der Waals surface area contributed by atoms with Gasteiger partial charge in [-0.3, -0.25) is 4.98 Å². The first-order valence-electron chi connectivity index (χ1n) is 7.11. The molecule has 0 fully saturated rings. The molecule has 3 nitrogen and oxygen atoms in total. The van der Waals surface area contributed by atoms with E-state index < -0.39 is 0 Å². The minimum absolute atomic E-state index is 0.221. The Morgan fingerprint density at radius 2 is 2.05 bits per heavy atom. The van der Waals surface area contributed by atoms with E-state index in [0.29, 0.717) is 12.5 Å². The zero-order chi connectivity index (χ0) is 15.3. The number of fused-ring (bicyclic) bond motifs is 1. The van der Waals surface area contributed by atoms with E-state index >= 15 is 0 Å². The third-order valence-corrected chi connectivity index (χ3v) is 4.17. The molecule has 2 heterocycles. The van der Waals surface area contributed by atoms with Gasteiger partial charge >= 0.3 is 5.97 Å². The van der Waals surface area contributed by atoms with E-state index in [9.17, 15) is 4.79 Å². The van der Waals surface area contributed by atoms with Crippen LogP contribution in [-0.2, 0) is 4.74 Å². The fourth-order valence-corrected chi connectivity index (χ4v) is 3.38. The van der Waals surface area contributed by atoms with Gasteiger partial charge < -0.3 is 4.74 Å². The molecule has 0 amide bonds. The minimum Gasteiger partial charge on any atom is -0.462 e. The Labute approximate surface area is 125 Å². The van der Waals surface area contributed by atoms with Gasteiger partial charge in [-0.2, -0.15) is 0 Å². The van der Waals surface area contributed by atoms with Crippen LogP contribution in [0.15, 0.2) is 12.3 Å². The van der Waals surface area contributed by atoms with Gasteiger partial charge in [0.05, 0.1) is 17.0 Å². The topological polar surface area (TPSA) is 39.2 Å². The van der Waals surface area contributed by atoms with E-state index in [1.807, 2.05) is 33.8 Å². The van der Waals surface area contributed by atoms with Crippen molar-refractivity contribution in [1.29, 1.82) is 0 Å². The maximum Gasteiger partial charge on any atom is 0.348 e. The van der Waals surface area contributed by atoms with Crippen molar-refractivity contribution in [2.45, 2.75) is 47.5 Å². The average molecular weight is 293 g/mol. The highest BCUT2D eigenvalue weighted by atomic mass is 32.1. The van der Waals surface area contributed by atoms with Gasteiger partial charge in [0, 0.05) is 11.6 Å². The van der Waals surface area contributed by atoms with Crippen molar-refractivity contribution in [1.82, 2.24) is 4.98 Å². The van der Waals surface area contributed by atoms with Crippen molar-refractivity contribution in [2.24, 2.45) is 0 Å². The largest absolute Gasteiger partial charge is 0.462 e. The van der Waals surface area contributed by atoms with Crippen LogP contribution in [-0.4, -0.2) is 17.6 Å². The van der Waals surface area contributed by atoms with E-state index in [2.05, 4.69) is 18.8 Å². The summed E-state index contributed by atoms with van der Waals surface area (Å²) in [6, 6.07) is 1.98. The molecule has 110 valence electrons. The highest BCUT2D eigenvalue weighted by Gasteiger charge is 2.22. The normalized spacial score (nSPS) is 10.3. The number of aryl methyl sites for hydroxylation is 1. The third kappa shape index (κ3) is 3.18. The molecule has 0 radical (unpaired) electrons. The zero-order valence-electron chi connectivity index (χ0n) is 13.1. The van der Waals surface area contributed by atoms with E-state index in [4.69, 9.17) is 4.74 Å². The maximum atomic E-state index is 12.0. The Balaban J connectivity index is 0.000000956. The van der Waals surface area contributed by atoms with E-state index in [1.165, 1.54) is 11.3 Å². The summed E-state index contributed by atoms with van der Waals surface area (Å²) < 4.78 is 6.23. The fourth-order valence-electron chi connectivity index (χ4n) is 2.09. The summed E-state index contributed by atoms with van der Waals surface area (Å²) in [6.07, 6.45) is 1.80. The summed E-state index contributed by atoms with van der Waals surface area (Å²) in [5.41, 5.74) is 2.05. The number of thiophene rings is 1. The molecule has 0 unspecified atom stereocenters. The van der Waals surface area contributed by atoms with Crippen LogP contribution >= 0.6 is 11.3 Å². The van der Waals surface area contributed by atoms with Crippen LogP contribution < -0.4 is 0 Å². The Hall–Kier alpha value is -1.42. The van der Waals surface area contributed by atoms with Gasteiger partial charge in [0.15, 0.2) is 0 Å². The van der Waals surface area contributed by atoms with E-state index in [-0.39, 0.29) is 5.97 Å². The molecule has 0 saturated carbocycles. The number of rotatable bonds is 3. The number of ether oxygens (including phenoxy) is 1. The molecule has 0 atom stereocenters. The molecule has 0 aromatic carbocycles. The molecule has 0 aliphatic carbocycles. The Bertz CT molecular complexity index is 587. The van der Waals surface area contributed by atoms with Crippen molar-refractivity contribution in [3.63, 3.8) is 0 Å². The first-order valence-corrected chi connectivity index (χ1v) is 7.93. The first kappa shape index (κ1) is 16.6. The van der Waals surface area contributed by atoms with Crippen molar-refractivity contribution in [3.05, 3.63) is 28.4 Å². The van der Waals surface area contributed by atoms with Crippen LogP contribution in [0.25, 0.3) is 10.1 Å². The molecule has 0 aliphatic heterocycles. The molecular weight excluding hydrogens is 270 g/mol. The lowest BCUT2D eigenvalue weighted by Gasteiger charge is -2.07. The van der Waals surface area contributed by atoms with Gasteiger partial charge in [0.25, 0.3) is 0 Å². The van der Waals surface area contributed by atoms with Gasteiger partial charge in [-0.15, -0.1) is 11.3 Å². The van der Waals surface area contributed by atoms with E-state index in [0.717, 1.165) is 26.2 Å². The fraction of sp³-hybridized carbons (Fsp3) is 0.500. The van der Waals surface area contributed by atoms with Crippen molar-refractivity contribution in [3.8, 4) is 0 Å². The lowest BCUT2D eigenvalue weighted by molar-refractivity contribution is 0.0530. The molecule has 2 aromatic rings. The molecule has 0 saturated heterocycles. The summed E-state index contributed by atoms with van der Waals surface area (Å²) in [4.78, 5) is 17.0. The molecule has 0 aliphatic rings. The van der Waals surface area contributed by atoms with Crippen LogP contribution in [0.5, 0.6) is 0 Å². The maximum absolute atomic E-state index is 12.0. The number of aromatic nitrogens is 1. The molecular formula is C16H23NO2S. The van der Waals surface area contributed by atoms with Crippen molar-refractivity contribution >= 4 is 27.4 Å². The van der Waals surface area contributed by atoms with Gasteiger partial charge in [-0.05, 0) is 31.4 Å². The van der Waals surface area contributed by atoms with Crippen LogP contribution in [0, 0.1) is 6.92 Å². The van der Waals surface area contributed by atoms with Gasteiger partial charge in [-0.1, -0.05) is 27.7 Å². The highest BCUT2D eigenvalue weighted by molar-refractivity contribution is 7.21. The molecule has 0 bridgehead atoms. The standard InChI is InChI=1S/C14H17NO2S.C2H6/c1-5-17-14(16)13-11(8(2)3)10-6-7-15-9(4)12(10)18-13;1-2/h6-8H,5H2,1-4H3;1-2H3. The summed E-state index contributed by atoms with van der Waals surface area (Å²) in [6.45, 7) is 12.4. The van der Waals surface area contributed by atoms with Crippen LogP contribution in [0.4, 0.5) is 0 Å². The van der Waals surface area contributed by atoms with Crippen molar-refractivity contribution < 1.29 is 9.53 Å². The molecule has 20 heavy (non-hydrogen) atoms. The van der Waals surface area contributed by atoms with Crippen LogP contribution in [0.1, 0.15) is 61.5 Å². The van der Waals surface area contributed by atoms with Crippen LogP contribution in [0.3, 0.4) is 0 Å². The Morgan fingerprint density at radius 3 is 2.60 bits per heavy atom. The number of carbonyl (C=O) groups is 1. The molecule has 0 spiro atoms. The zero-order valence-corrected chi connectivity index (χ0v) is 13.9. The SMILES string of the molecule is CC.CCOC(=O)c1sc2c(C)nccc2c1C(C)C. The van der Waals surface area contributed by atoms with Gasteiger partial charge in [0.1, 0.15) is 4.88 Å². The number of pyridine rings is 1. The number of esters is 1. The second kappa shape index (κ2) is 7.39. The predicted molar refractivity (Wildman–Crippen MR) is 85.8 cm³/mol. The molecule has 2 rings (SSSR count). The highest BCUT2D eigenvalue weighted by Crippen LogP contribution is 2.37. The number of hydrogen-bond donors (Lipinski definition) is 0. The Morgan fingerprint density at radius 1 is 1.40 bits per heavy atom. The number of nitrogens with zero attached hydrogens (tertiary/aromatic N) is 1. The third-order valence-electron chi connectivity index (χ3n) is 2.86. The number of carbonyl (C=O) groups excluding carboxylic acids is 1. The minimum atomic E-state index is -0.221. The first-order chi connectivity index (χ1) is 9.56. The molecule has 2 aromatic heterocycles. The average Bonchev–Trinajstić information content (AvgIpc) is 2.82. The molecule has 4 heteroatoms. The second-order valence-corrected chi connectivity index (χ2v) is 5.51. The van der Waals surface area contributed by atoms with E-state index in [1.54, 1.807) is 6.20 Å². The molecule has 0 N–H and O–H groups in total. The predicted octanol–water partition coefficient (Wildman–Crippen LogP) is 4.93.